The van der Waals surface area contributed by atoms with Crippen LogP contribution in [0.15, 0.2) is 18.2 Å². The SMILES string of the molecule is COc1cc(CCC(C)=O)ccc1ON1CCCNCC1. The van der Waals surface area contributed by atoms with Gasteiger partial charge in [0.1, 0.15) is 5.78 Å². The van der Waals surface area contributed by atoms with E-state index in [9.17, 15) is 4.79 Å². The molecule has 1 aliphatic heterocycles. The first kappa shape index (κ1) is 15.8. The summed E-state index contributed by atoms with van der Waals surface area (Å²) >= 11 is 0. The van der Waals surface area contributed by atoms with E-state index in [0.717, 1.165) is 50.3 Å². The van der Waals surface area contributed by atoms with Crippen molar-refractivity contribution in [2.24, 2.45) is 0 Å². The lowest BCUT2D eigenvalue weighted by molar-refractivity contribution is -0.116. The van der Waals surface area contributed by atoms with Crippen molar-refractivity contribution in [1.82, 2.24) is 10.4 Å². The Morgan fingerprint density at radius 2 is 2.14 bits per heavy atom. The molecule has 0 spiro atoms. The highest BCUT2D eigenvalue weighted by Crippen LogP contribution is 2.29. The Morgan fingerprint density at radius 1 is 1.29 bits per heavy atom. The molecule has 0 unspecified atom stereocenters. The molecule has 1 N–H and O–H groups in total. The van der Waals surface area contributed by atoms with Gasteiger partial charge in [-0.1, -0.05) is 6.07 Å². The number of rotatable bonds is 6. The van der Waals surface area contributed by atoms with Gasteiger partial charge in [-0.3, -0.25) is 0 Å². The van der Waals surface area contributed by atoms with Crippen LogP contribution in [0.5, 0.6) is 11.5 Å². The summed E-state index contributed by atoms with van der Waals surface area (Å²) < 4.78 is 5.41. The second-order valence-corrected chi connectivity index (χ2v) is 5.31. The normalized spacial score (nSPS) is 16.3. The number of nitrogens with zero attached hydrogens (tertiary/aromatic N) is 1. The van der Waals surface area contributed by atoms with Crippen LogP contribution in [0.2, 0.25) is 0 Å². The summed E-state index contributed by atoms with van der Waals surface area (Å²) in [6.07, 6.45) is 2.36. The quantitative estimate of drug-likeness (QED) is 0.866. The van der Waals surface area contributed by atoms with Gasteiger partial charge in [0.15, 0.2) is 11.5 Å². The summed E-state index contributed by atoms with van der Waals surface area (Å²) in [6, 6.07) is 5.87. The second kappa shape index (κ2) is 8.00. The number of hydrogen-bond acceptors (Lipinski definition) is 5. The topological polar surface area (TPSA) is 50.8 Å². The number of benzene rings is 1. The standard InChI is InChI=1S/C16H24N2O3/c1-13(19)4-5-14-6-7-15(16(12-14)20-2)21-18-10-3-8-17-9-11-18/h6-7,12,17H,3-5,8-11H2,1-2H3. The minimum atomic E-state index is 0.200. The van der Waals surface area contributed by atoms with Crippen LogP contribution >= 0.6 is 0 Å². The van der Waals surface area contributed by atoms with Crippen molar-refractivity contribution in [3.8, 4) is 11.5 Å². The maximum Gasteiger partial charge on any atom is 0.189 e. The summed E-state index contributed by atoms with van der Waals surface area (Å²) in [5, 5.41) is 5.31. The minimum absolute atomic E-state index is 0.200. The van der Waals surface area contributed by atoms with Crippen molar-refractivity contribution >= 4 is 5.78 Å². The van der Waals surface area contributed by atoms with Crippen LogP contribution in [0.25, 0.3) is 0 Å². The summed E-state index contributed by atoms with van der Waals surface area (Å²) in [6.45, 7) is 5.33. The maximum absolute atomic E-state index is 11.1. The highest BCUT2D eigenvalue weighted by Gasteiger charge is 2.13. The van der Waals surface area contributed by atoms with Gasteiger partial charge in [-0.25, -0.2) is 0 Å². The molecule has 0 saturated carbocycles. The molecule has 21 heavy (non-hydrogen) atoms. The van der Waals surface area contributed by atoms with Crippen molar-refractivity contribution < 1.29 is 14.4 Å². The van der Waals surface area contributed by atoms with Gasteiger partial charge in [0.25, 0.3) is 0 Å². The third-order valence-corrected chi connectivity index (χ3v) is 3.52. The largest absolute Gasteiger partial charge is 0.493 e. The number of hydroxylamine groups is 2. The first-order valence-corrected chi connectivity index (χ1v) is 7.49. The number of Topliss-reactive ketones (excluding diaryl/α,β-unsaturated/α-hetero) is 1. The molecular weight excluding hydrogens is 268 g/mol. The first-order chi connectivity index (χ1) is 10.2. The summed E-state index contributed by atoms with van der Waals surface area (Å²) in [5.41, 5.74) is 1.09. The van der Waals surface area contributed by atoms with E-state index in [1.807, 2.05) is 23.3 Å². The predicted molar refractivity (Wildman–Crippen MR) is 81.7 cm³/mol. The van der Waals surface area contributed by atoms with Crippen LogP contribution in [-0.4, -0.2) is 44.1 Å². The Bertz CT molecular complexity index is 469. The van der Waals surface area contributed by atoms with E-state index >= 15 is 0 Å². The molecule has 0 aromatic heterocycles. The van der Waals surface area contributed by atoms with E-state index in [0.29, 0.717) is 12.2 Å². The number of hydrogen-bond donors (Lipinski definition) is 1. The number of methoxy groups -OCH3 is 1. The van der Waals surface area contributed by atoms with Gasteiger partial charge in [0.05, 0.1) is 7.11 Å². The first-order valence-electron chi connectivity index (χ1n) is 7.49. The third-order valence-electron chi connectivity index (χ3n) is 3.52. The van der Waals surface area contributed by atoms with Crippen molar-refractivity contribution in [1.29, 1.82) is 0 Å². The summed E-state index contributed by atoms with van der Waals surface area (Å²) in [5.74, 6) is 1.64. The van der Waals surface area contributed by atoms with Crippen LogP contribution in [0.4, 0.5) is 0 Å². The zero-order valence-electron chi connectivity index (χ0n) is 12.9. The monoisotopic (exact) mass is 292 g/mol. The summed E-state index contributed by atoms with van der Waals surface area (Å²) in [4.78, 5) is 17.0. The fourth-order valence-corrected chi connectivity index (χ4v) is 2.31. The molecule has 116 valence electrons. The van der Waals surface area contributed by atoms with Crippen LogP contribution in [0, 0.1) is 0 Å². The van der Waals surface area contributed by atoms with Crippen molar-refractivity contribution in [2.75, 3.05) is 33.3 Å². The van der Waals surface area contributed by atoms with Gasteiger partial charge < -0.3 is 19.7 Å². The summed E-state index contributed by atoms with van der Waals surface area (Å²) in [7, 11) is 1.64. The van der Waals surface area contributed by atoms with Crippen LogP contribution in [-0.2, 0) is 11.2 Å². The Kier molecular flexibility index (Phi) is 6.02. The van der Waals surface area contributed by atoms with Gasteiger partial charge in [0.2, 0.25) is 0 Å². The third kappa shape index (κ3) is 5.02. The predicted octanol–water partition coefficient (Wildman–Crippen LogP) is 1.81. The molecule has 0 aliphatic carbocycles. The minimum Gasteiger partial charge on any atom is -0.493 e. The van der Waals surface area contributed by atoms with E-state index in [4.69, 9.17) is 9.57 Å². The number of carbonyl (C=O) groups is 1. The van der Waals surface area contributed by atoms with Crippen molar-refractivity contribution in [3.63, 3.8) is 0 Å². The average molecular weight is 292 g/mol. The zero-order valence-corrected chi connectivity index (χ0v) is 12.9. The van der Waals surface area contributed by atoms with Crippen LogP contribution < -0.4 is 14.9 Å². The molecule has 1 aromatic rings. The van der Waals surface area contributed by atoms with E-state index in [1.165, 1.54) is 0 Å². The number of ketones is 1. The average Bonchev–Trinajstić information content (AvgIpc) is 2.74. The van der Waals surface area contributed by atoms with E-state index < -0.39 is 0 Å². The van der Waals surface area contributed by atoms with Gasteiger partial charge in [0, 0.05) is 26.1 Å². The highest BCUT2D eigenvalue weighted by atomic mass is 16.7. The lowest BCUT2D eigenvalue weighted by Crippen LogP contribution is -2.31. The highest BCUT2D eigenvalue weighted by molar-refractivity contribution is 5.75. The number of carbonyl (C=O) groups excluding carboxylic acids is 1. The lowest BCUT2D eigenvalue weighted by atomic mass is 10.1. The fourth-order valence-electron chi connectivity index (χ4n) is 2.31. The zero-order chi connectivity index (χ0) is 15.1. The molecule has 1 aromatic carbocycles. The van der Waals surface area contributed by atoms with E-state index in [2.05, 4.69) is 5.32 Å². The molecule has 1 saturated heterocycles. The van der Waals surface area contributed by atoms with E-state index in [1.54, 1.807) is 14.0 Å². The number of nitrogens with one attached hydrogen (secondary N) is 1. The number of ether oxygens (including phenoxy) is 1. The Labute approximate surface area is 126 Å². The molecule has 0 amide bonds. The second-order valence-electron chi connectivity index (χ2n) is 5.31. The van der Waals surface area contributed by atoms with Crippen LogP contribution in [0.3, 0.4) is 0 Å². The lowest BCUT2D eigenvalue weighted by Gasteiger charge is -2.21. The van der Waals surface area contributed by atoms with Gasteiger partial charge >= 0.3 is 0 Å². The molecule has 1 aliphatic rings. The number of aryl methyl sites for hydroxylation is 1. The van der Waals surface area contributed by atoms with Crippen molar-refractivity contribution in [3.05, 3.63) is 23.8 Å². The molecule has 5 heteroatoms. The van der Waals surface area contributed by atoms with Gasteiger partial charge in [-0.15, -0.1) is 5.06 Å². The smallest absolute Gasteiger partial charge is 0.189 e. The fraction of sp³-hybridized carbons (Fsp3) is 0.562. The Balaban J connectivity index is 2.02. The maximum atomic E-state index is 11.1. The Hall–Kier alpha value is -1.59. The molecule has 0 radical (unpaired) electrons. The van der Waals surface area contributed by atoms with E-state index in [-0.39, 0.29) is 5.78 Å². The van der Waals surface area contributed by atoms with Gasteiger partial charge in [-0.05, 0) is 44.0 Å². The van der Waals surface area contributed by atoms with Gasteiger partial charge in [-0.2, -0.15) is 0 Å². The molecular formula is C16H24N2O3. The molecule has 1 heterocycles. The molecule has 5 nitrogen and oxygen atoms in total. The molecule has 2 rings (SSSR count). The Morgan fingerprint density at radius 3 is 2.90 bits per heavy atom. The molecule has 0 atom stereocenters. The molecule has 0 bridgehead atoms. The van der Waals surface area contributed by atoms with Crippen molar-refractivity contribution in [2.45, 2.75) is 26.2 Å². The molecule has 1 fully saturated rings. The van der Waals surface area contributed by atoms with Crippen LogP contribution in [0.1, 0.15) is 25.3 Å².